The van der Waals surface area contributed by atoms with Crippen molar-refractivity contribution in [2.45, 2.75) is 27.0 Å². The topological polar surface area (TPSA) is 34.1 Å². The molecule has 0 radical (unpaired) electrons. The van der Waals surface area contributed by atoms with E-state index >= 15 is 0 Å². The quantitative estimate of drug-likeness (QED) is 0.880. The molecule has 2 rings (SSSR count). The highest BCUT2D eigenvalue weighted by Gasteiger charge is 2.07. The Balaban J connectivity index is 1.94. The highest BCUT2D eigenvalue weighted by molar-refractivity contribution is 7.11. The van der Waals surface area contributed by atoms with Gasteiger partial charge in [0, 0.05) is 16.4 Å². The van der Waals surface area contributed by atoms with Gasteiger partial charge in [0.05, 0.1) is 5.69 Å². The molecule has 1 N–H and O–H groups in total. The van der Waals surface area contributed by atoms with E-state index in [-0.39, 0.29) is 0 Å². The maximum Gasteiger partial charge on any atom is 0.140 e. The number of hydrogen-bond donors (Lipinski definition) is 1. The molecule has 2 aromatic rings. The van der Waals surface area contributed by atoms with Crippen molar-refractivity contribution >= 4 is 22.9 Å². The van der Waals surface area contributed by atoms with Gasteiger partial charge in [-0.25, -0.2) is 4.98 Å². The summed E-state index contributed by atoms with van der Waals surface area (Å²) in [4.78, 5) is 5.80. The fraction of sp³-hybridized carbons (Fsp3) is 0.357. The Labute approximate surface area is 122 Å². The Kier molecular flexibility index (Phi) is 5.19. The van der Waals surface area contributed by atoms with Crippen LogP contribution in [0.25, 0.3) is 0 Å². The molecule has 1 aromatic carbocycles. The first-order valence-electron chi connectivity index (χ1n) is 6.23. The lowest BCUT2D eigenvalue weighted by Gasteiger charge is -2.03. The van der Waals surface area contributed by atoms with Crippen LogP contribution >= 0.6 is 22.9 Å². The normalized spacial score (nSPS) is 10.7. The molecule has 5 heteroatoms. The lowest BCUT2D eigenvalue weighted by molar-refractivity contribution is 0.305. The second-order valence-corrected chi connectivity index (χ2v) is 5.74. The largest absolute Gasteiger partial charge is 0.486 e. The summed E-state index contributed by atoms with van der Waals surface area (Å²) in [7, 11) is 0. The Hall–Kier alpha value is -1.10. The number of aromatic nitrogens is 1. The van der Waals surface area contributed by atoms with Gasteiger partial charge in [0.15, 0.2) is 0 Å². The maximum absolute atomic E-state index is 5.83. The zero-order valence-electron chi connectivity index (χ0n) is 11.1. The van der Waals surface area contributed by atoms with Gasteiger partial charge in [0.25, 0.3) is 0 Å². The van der Waals surface area contributed by atoms with Gasteiger partial charge in [-0.15, -0.1) is 11.3 Å². The minimum atomic E-state index is 0.499. The third kappa shape index (κ3) is 4.20. The van der Waals surface area contributed by atoms with Crippen molar-refractivity contribution in [2.75, 3.05) is 6.54 Å². The highest BCUT2D eigenvalue weighted by Crippen LogP contribution is 2.21. The number of hydrogen-bond acceptors (Lipinski definition) is 4. The number of halogens is 1. The van der Waals surface area contributed by atoms with Gasteiger partial charge in [-0.3, -0.25) is 0 Å². The van der Waals surface area contributed by atoms with Gasteiger partial charge in [-0.1, -0.05) is 18.5 Å². The molecule has 19 heavy (non-hydrogen) atoms. The summed E-state index contributed by atoms with van der Waals surface area (Å²) < 4.78 is 5.69. The van der Waals surface area contributed by atoms with E-state index in [0.29, 0.717) is 11.6 Å². The molecule has 102 valence electrons. The summed E-state index contributed by atoms with van der Waals surface area (Å²) >= 11 is 7.53. The van der Waals surface area contributed by atoms with Crippen LogP contribution in [0.3, 0.4) is 0 Å². The van der Waals surface area contributed by atoms with Gasteiger partial charge >= 0.3 is 0 Å². The van der Waals surface area contributed by atoms with Gasteiger partial charge < -0.3 is 10.1 Å². The number of thiazole rings is 1. The predicted octanol–water partition coefficient (Wildman–Crippen LogP) is 3.79. The van der Waals surface area contributed by atoms with Gasteiger partial charge in [-0.05, 0) is 37.7 Å². The molecular weight excluding hydrogens is 280 g/mol. The molecule has 1 heterocycles. The van der Waals surface area contributed by atoms with Crippen molar-refractivity contribution in [2.24, 2.45) is 0 Å². The van der Waals surface area contributed by atoms with E-state index in [0.717, 1.165) is 29.5 Å². The van der Waals surface area contributed by atoms with Crippen LogP contribution in [-0.2, 0) is 13.2 Å². The van der Waals surface area contributed by atoms with E-state index in [1.807, 2.05) is 31.2 Å². The average Bonchev–Trinajstić information content (AvgIpc) is 2.76. The van der Waals surface area contributed by atoms with Crippen LogP contribution in [0.5, 0.6) is 5.75 Å². The molecule has 0 aliphatic rings. The molecule has 0 saturated carbocycles. The summed E-state index contributed by atoms with van der Waals surface area (Å²) in [5.74, 6) is 0.811. The van der Waals surface area contributed by atoms with Crippen LogP contribution in [-0.4, -0.2) is 11.5 Å². The number of benzene rings is 1. The van der Waals surface area contributed by atoms with Crippen LogP contribution in [0, 0.1) is 6.92 Å². The van der Waals surface area contributed by atoms with Gasteiger partial charge in [-0.2, -0.15) is 0 Å². The molecule has 0 aliphatic carbocycles. The summed E-state index contributed by atoms with van der Waals surface area (Å²) in [5.41, 5.74) is 1.08. The first-order chi connectivity index (χ1) is 9.19. The Morgan fingerprint density at radius 3 is 2.74 bits per heavy atom. The average molecular weight is 297 g/mol. The standard InChI is InChI=1S/C14H17ClN2OS/c1-3-16-8-13-10(2)17-14(19-13)9-18-12-6-4-11(15)5-7-12/h4-7,16H,3,8-9H2,1-2H3. The third-order valence-electron chi connectivity index (χ3n) is 2.65. The number of nitrogens with zero attached hydrogens (tertiary/aromatic N) is 1. The molecular formula is C14H17ClN2OS. The van der Waals surface area contributed by atoms with Crippen LogP contribution in [0.1, 0.15) is 22.5 Å². The Morgan fingerprint density at radius 1 is 1.32 bits per heavy atom. The first kappa shape index (κ1) is 14.3. The molecule has 1 aromatic heterocycles. The number of nitrogens with one attached hydrogen (secondary N) is 1. The second kappa shape index (κ2) is 6.89. The number of ether oxygens (including phenoxy) is 1. The summed E-state index contributed by atoms with van der Waals surface area (Å²) in [6.45, 7) is 6.48. The van der Waals surface area contributed by atoms with Gasteiger partial charge in [0.1, 0.15) is 17.4 Å². The molecule has 0 spiro atoms. The van der Waals surface area contributed by atoms with E-state index in [9.17, 15) is 0 Å². The minimum Gasteiger partial charge on any atom is -0.486 e. The van der Waals surface area contributed by atoms with Crippen LogP contribution in [0.2, 0.25) is 5.02 Å². The van der Waals surface area contributed by atoms with Crippen molar-refractivity contribution in [1.29, 1.82) is 0 Å². The van der Waals surface area contributed by atoms with E-state index in [1.165, 1.54) is 4.88 Å². The van der Waals surface area contributed by atoms with Crippen LogP contribution in [0.15, 0.2) is 24.3 Å². The zero-order chi connectivity index (χ0) is 13.7. The number of aryl methyl sites for hydroxylation is 1. The van der Waals surface area contributed by atoms with E-state index in [1.54, 1.807) is 11.3 Å². The smallest absolute Gasteiger partial charge is 0.140 e. The van der Waals surface area contributed by atoms with Gasteiger partial charge in [0.2, 0.25) is 0 Å². The molecule has 0 atom stereocenters. The molecule has 3 nitrogen and oxygen atoms in total. The maximum atomic E-state index is 5.83. The molecule has 0 bridgehead atoms. The van der Waals surface area contributed by atoms with Crippen molar-refractivity contribution in [3.8, 4) is 5.75 Å². The molecule has 0 unspecified atom stereocenters. The molecule has 0 aliphatic heterocycles. The summed E-state index contributed by atoms with van der Waals surface area (Å²) in [5, 5.41) is 5.03. The monoisotopic (exact) mass is 296 g/mol. The number of rotatable bonds is 6. The van der Waals surface area contributed by atoms with Crippen molar-refractivity contribution < 1.29 is 4.74 Å². The van der Waals surface area contributed by atoms with Crippen LogP contribution < -0.4 is 10.1 Å². The first-order valence-corrected chi connectivity index (χ1v) is 7.42. The second-order valence-electron chi connectivity index (χ2n) is 4.14. The van der Waals surface area contributed by atoms with E-state index in [2.05, 4.69) is 17.2 Å². The Bertz CT molecular complexity index is 525. The highest BCUT2D eigenvalue weighted by atomic mass is 35.5. The zero-order valence-corrected chi connectivity index (χ0v) is 12.6. The van der Waals surface area contributed by atoms with Crippen molar-refractivity contribution in [1.82, 2.24) is 10.3 Å². The van der Waals surface area contributed by atoms with Crippen LogP contribution in [0.4, 0.5) is 0 Å². The van der Waals surface area contributed by atoms with E-state index in [4.69, 9.17) is 16.3 Å². The lowest BCUT2D eigenvalue weighted by atomic mass is 10.3. The SMILES string of the molecule is CCNCc1sc(COc2ccc(Cl)cc2)nc1C. The van der Waals surface area contributed by atoms with E-state index < -0.39 is 0 Å². The molecule has 0 saturated heterocycles. The third-order valence-corrected chi connectivity index (χ3v) is 4.03. The Morgan fingerprint density at radius 2 is 2.05 bits per heavy atom. The molecule has 0 fully saturated rings. The van der Waals surface area contributed by atoms with Crippen molar-refractivity contribution in [3.63, 3.8) is 0 Å². The summed E-state index contributed by atoms with van der Waals surface area (Å²) in [6.07, 6.45) is 0. The fourth-order valence-electron chi connectivity index (χ4n) is 1.63. The predicted molar refractivity (Wildman–Crippen MR) is 80.0 cm³/mol. The van der Waals surface area contributed by atoms with Crippen molar-refractivity contribution in [3.05, 3.63) is 44.9 Å². The molecule has 0 amide bonds. The summed E-state index contributed by atoms with van der Waals surface area (Å²) in [6, 6.07) is 7.37. The fourth-order valence-corrected chi connectivity index (χ4v) is 2.71. The lowest BCUT2D eigenvalue weighted by Crippen LogP contribution is -2.11. The minimum absolute atomic E-state index is 0.499.